The van der Waals surface area contributed by atoms with E-state index in [1.54, 1.807) is 0 Å². The van der Waals surface area contributed by atoms with E-state index in [-0.39, 0.29) is 5.52 Å². The summed E-state index contributed by atoms with van der Waals surface area (Å²) >= 11 is 0. The molecule has 86 valence electrons. The Kier molecular flexibility index (Phi) is 1.77. The third kappa shape index (κ3) is 1.24. The SMILES string of the molecule is Cn1c(=O)[nH]c2c([nH]c3ccc(F)cc32)c1=O. The van der Waals surface area contributed by atoms with Crippen molar-refractivity contribution in [2.24, 2.45) is 7.05 Å². The maximum Gasteiger partial charge on any atom is 0.328 e. The third-order valence-electron chi connectivity index (χ3n) is 2.82. The first-order chi connectivity index (χ1) is 8.08. The Morgan fingerprint density at radius 3 is 2.71 bits per heavy atom. The molecule has 0 radical (unpaired) electrons. The van der Waals surface area contributed by atoms with Crippen molar-refractivity contribution in [3.8, 4) is 0 Å². The first-order valence-electron chi connectivity index (χ1n) is 4.98. The second-order valence-corrected chi connectivity index (χ2v) is 3.86. The second kappa shape index (κ2) is 3.07. The number of rotatable bonds is 0. The summed E-state index contributed by atoms with van der Waals surface area (Å²) in [5.74, 6) is -0.417. The van der Waals surface area contributed by atoms with Gasteiger partial charge in [0.1, 0.15) is 11.3 Å². The normalized spacial score (nSPS) is 11.4. The van der Waals surface area contributed by atoms with Gasteiger partial charge in [0.2, 0.25) is 0 Å². The van der Waals surface area contributed by atoms with Gasteiger partial charge >= 0.3 is 5.69 Å². The van der Waals surface area contributed by atoms with Gasteiger partial charge in [-0.1, -0.05) is 0 Å². The number of fused-ring (bicyclic) bond motifs is 3. The van der Waals surface area contributed by atoms with E-state index in [0.29, 0.717) is 16.4 Å². The predicted molar refractivity (Wildman–Crippen MR) is 61.6 cm³/mol. The van der Waals surface area contributed by atoms with Gasteiger partial charge in [-0.2, -0.15) is 0 Å². The van der Waals surface area contributed by atoms with Gasteiger partial charge in [0.25, 0.3) is 5.56 Å². The molecule has 17 heavy (non-hydrogen) atoms. The van der Waals surface area contributed by atoms with Crippen LogP contribution in [0.25, 0.3) is 21.9 Å². The smallest absolute Gasteiger partial charge is 0.328 e. The van der Waals surface area contributed by atoms with E-state index in [2.05, 4.69) is 9.97 Å². The summed E-state index contributed by atoms with van der Waals surface area (Å²) in [7, 11) is 1.38. The van der Waals surface area contributed by atoms with Crippen molar-refractivity contribution in [1.29, 1.82) is 0 Å². The summed E-state index contributed by atoms with van der Waals surface area (Å²) in [6.45, 7) is 0. The minimum Gasteiger partial charge on any atom is -0.349 e. The van der Waals surface area contributed by atoms with Gasteiger partial charge in [-0.3, -0.25) is 9.36 Å². The van der Waals surface area contributed by atoms with E-state index in [4.69, 9.17) is 0 Å². The molecule has 6 heteroatoms. The molecule has 5 nitrogen and oxygen atoms in total. The average molecular weight is 233 g/mol. The highest BCUT2D eigenvalue weighted by molar-refractivity contribution is 6.04. The summed E-state index contributed by atoms with van der Waals surface area (Å²) in [6, 6.07) is 4.10. The number of H-pyrrole nitrogens is 2. The molecule has 0 unspecified atom stereocenters. The van der Waals surface area contributed by atoms with Crippen molar-refractivity contribution >= 4 is 21.9 Å². The molecule has 1 aromatic carbocycles. The number of aromatic amines is 2. The molecule has 3 aromatic rings. The van der Waals surface area contributed by atoms with Gasteiger partial charge in [0.15, 0.2) is 0 Å². The molecule has 0 aliphatic heterocycles. The van der Waals surface area contributed by atoms with Crippen LogP contribution >= 0.6 is 0 Å². The van der Waals surface area contributed by atoms with Crippen LogP contribution in [0.3, 0.4) is 0 Å². The van der Waals surface area contributed by atoms with Crippen molar-refractivity contribution in [1.82, 2.24) is 14.5 Å². The van der Waals surface area contributed by atoms with E-state index < -0.39 is 17.1 Å². The summed E-state index contributed by atoms with van der Waals surface area (Å²) in [6.07, 6.45) is 0. The van der Waals surface area contributed by atoms with Crippen LogP contribution in [-0.4, -0.2) is 14.5 Å². The monoisotopic (exact) mass is 233 g/mol. The molecule has 2 heterocycles. The molecule has 0 fully saturated rings. The van der Waals surface area contributed by atoms with E-state index >= 15 is 0 Å². The van der Waals surface area contributed by atoms with Gasteiger partial charge in [0.05, 0.1) is 5.52 Å². The Morgan fingerprint density at radius 1 is 1.18 bits per heavy atom. The zero-order valence-corrected chi connectivity index (χ0v) is 8.87. The van der Waals surface area contributed by atoms with Crippen molar-refractivity contribution in [2.75, 3.05) is 0 Å². The second-order valence-electron chi connectivity index (χ2n) is 3.86. The quantitative estimate of drug-likeness (QED) is 0.604. The molecule has 2 N–H and O–H groups in total. The summed E-state index contributed by atoms with van der Waals surface area (Å²) in [4.78, 5) is 28.7. The van der Waals surface area contributed by atoms with Gasteiger partial charge < -0.3 is 9.97 Å². The van der Waals surface area contributed by atoms with Crippen molar-refractivity contribution < 1.29 is 4.39 Å². The van der Waals surface area contributed by atoms with Crippen LogP contribution < -0.4 is 11.2 Å². The van der Waals surface area contributed by atoms with E-state index in [0.717, 1.165) is 4.57 Å². The number of nitrogens with zero attached hydrogens (tertiary/aromatic N) is 1. The molecular formula is C11H8FN3O2. The van der Waals surface area contributed by atoms with E-state index in [9.17, 15) is 14.0 Å². The van der Waals surface area contributed by atoms with E-state index in [1.165, 1.54) is 25.2 Å². The Morgan fingerprint density at radius 2 is 1.94 bits per heavy atom. The molecule has 0 saturated carbocycles. The topological polar surface area (TPSA) is 70.7 Å². The summed E-state index contributed by atoms with van der Waals surface area (Å²) in [5, 5.41) is 0.495. The number of benzene rings is 1. The Labute approximate surface area is 93.5 Å². The third-order valence-corrected chi connectivity index (χ3v) is 2.82. The Bertz CT molecular complexity index is 857. The zero-order chi connectivity index (χ0) is 12.2. The molecule has 0 saturated heterocycles. The van der Waals surface area contributed by atoms with Crippen molar-refractivity contribution in [3.05, 3.63) is 44.9 Å². The van der Waals surface area contributed by atoms with Crippen LogP contribution in [0, 0.1) is 5.82 Å². The number of nitrogens with one attached hydrogen (secondary N) is 2. The number of hydrogen-bond acceptors (Lipinski definition) is 2. The zero-order valence-electron chi connectivity index (χ0n) is 8.87. The van der Waals surface area contributed by atoms with Crippen LogP contribution in [0.1, 0.15) is 0 Å². The van der Waals surface area contributed by atoms with Gasteiger partial charge in [-0.15, -0.1) is 0 Å². The summed E-state index contributed by atoms with van der Waals surface area (Å²) in [5.41, 5.74) is 0.272. The van der Waals surface area contributed by atoms with Gasteiger partial charge in [-0.25, -0.2) is 9.18 Å². The van der Waals surface area contributed by atoms with Crippen LogP contribution in [0.15, 0.2) is 27.8 Å². The number of hydrogen-bond donors (Lipinski definition) is 2. The lowest BCUT2D eigenvalue weighted by molar-refractivity contribution is 0.630. The lowest BCUT2D eigenvalue weighted by Gasteiger charge is -1.95. The maximum absolute atomic E-state index is 13.1. The molecule has 0 amide bonds. The van der Waals surface area contributed by atoms with Crippen LogP contribution in [-0.2, 0) is 7.05 Å². The lowest BCUT2D eigenvalue weighted by Crippen LogP contribution is -2.32. The van der Waals surface area contributed by atoms with Crippen LogP contribution in [0.2, 0.25) is 0 Å². The largest absolute Gasteiger partial charge is 0.349 e. The maximum atomic E-state index is 13.1. The van der Waals surface area contributed by atoms with Crippen LogP contribution in [0.5, 0.6) is 0 Å². The molecule has 0 bridgehead atoms. The molecule has 0 atom stereocenters. The fourth-order valence-corrected chi connectivity index (χ4v) is 1.91. The fourth-order valence-electron chi connectivity index (χ4n) is 1.91. The molecule has 0 spiro atoms. The van der Waals surface area contributed by atoms with Gasteiger partial charge in [-0.05, 0) is 18.2 Å². The highest BCUT2D eigenvalue weighted by Crippen LogP contribution is 2.21. The molecule has 3 rings (SSSR count). The molecule has 0 aliphatic rings. The number of aromatic nitrogens is 3. The first kappa shape index (κ1) is 9.83. The fraction of sp³-hybridized carbons (Fsp3) is 0.0909. The number of halogens is 1. The van der Waals surface area contributed by atoms with Crippen molar-refractivity contribution in [2.45, 2.75) is 0 Å². The predicted octanol–water partition coefficient (Wildman–Crippen LogP) is 0.847. The van der Waals surface area contributed by atoms with E-state index in [1.807, 2.05) is 0 Å². The average Bonchev–Trinajstić information content (AvgIpc) is 2.65. The highest BCUT2D eigenvalue weighted by atomic mass is 19.1. The molecule has 2 aromatic heterocycles. The van der Waals surface area contributed by atoms with Crippen LogP contribution in [0.4, 0.5) is 4.39 Å². The molecular weight excluding hydrogens is 225 g/mol. The minimum atomic E-state index is -0.521. The minimum absolute atomic E-state index is 0.271. The van der Waals surface area contributed by atoms with Gasteiger partial charge in [0, 0.05) is 18.0 Å². The molecule has 0 aliphatic carbocycles. The first-order valence-corrected chi connectivity index (χ1v) is 4.98. The Hall–Kier alpha value is -2.37. The lowest BCUT2D eigenvalue weighted by atomic mass is 10.2. The Balaban J connectivity index is 2.67. The van der Waals surface area contributed by atoms with Crippen molar-refractivity contribution in [3.63, 3.8) is 0 Å². The highest BCUT2D eigenvalue weighted by Gasteiger charge is 2.11. The standard InChI is InChI=1S/C11H8FN3O2/c1-15-10(16)9-8(14-11(15)17)6-4-5(12)2-3-7(6)13-9/h2-4,13H,1H3,(H,14,17). The summed E-state index contributed by atoms with van der Waals surface area (Å²) < 4.78 is 14.1.